The minimum absolute atomic E-state index is 0.0483. The van der Waals surface area contributed by atoms with Crippen LogP contribution in [-0.4, -0.2) is 46.0 Å². The second-order valence-corrected chi connectivity index (χ2v) is 10.4. The van der Waals surface area contributed by atoms with Gasteiger partial charge in [-0.2, -0.15) is 0 Å². The molecule has 0 radical (unpaired) electrons. The van der Waals surface area contributed by atoms with E-state index in [0.717, 1.165) is 56.4 Å². The van der Waals surface area contributed by atoms with Crippen LogP contribution in [0, 0.1) is 0 Å². The van der Waals surface area contributed by atoms with Crippen molar-refractivity contribution in [2.45, 2.75) is 69.7 Å². The van der Waals surface area contributed by atoms with Gasteiger partial charge in [0.25, 0.3) is 5.91 Å². The summed E-state index contributed by atoms with van der Waals surface area (Å²) in [6.07, 6.45) is 5.81. The lowest BCUT2D eigenvalue weighted by molar-refractivity contribution is 0.0192. The van der Waals surface area contributed by atoms with Gasteiger partial charge in [0.15, 0.2) is 0 Å². The first-order valence-corrected chi connectivity index (χ1v) is 13.0. The van der Waals surface area contributed by atoms with E-state index in [1.165, 1.54) is 34.7 Å². The Morgan fingerprint density at radius 3 is 2.32 bits per heavy atom. The van der Waals surface area contributed by atoms with Crippen LogP contribution in [0.15, 0.2) is 60.7 Å². The topological polar surface area (TPSA) is 43.8 Å². The maximum atomic E-state index is 13.5. The van der Waals surface area contributed by atoms with Crippen LogP contribution in [0.4, 0.5) is 0 Å². The van der Waals surface area contributed by atoms with Crippen molar-refractivity contribution in [3.8, 4) is 0 Å². The SMILES string of the molecule is O=C1c2cc(CN3CCC(c4ccccc4)CC3)c3ccccc3c2CN1C1CCCCC1O. The summed E-state index contributed by atoms with van der Waals surface area (Å²) >= 11 is 0. The van der Waals surface area contributed by atoms with Crippen molar-refractivity contribution < 1.29 is 9.90 Å². The molecule has 6 rings (SSSR count). The van der Waals surface area contributed by atoms with Crippen LogP contribution in [0.25, 0.3) is 10.8 Å². The van der Waals surface area contributed by atoms with Crippen molar-refractivity contribution in [3.05, 3.63) is 82.9 Å². The largest absolute Gasteiger partial charge is 0.391 e. The van der Waals surface area contributed by atoms with Crippen molar-refractivity contribution in [1.29, 1.82) is 0 Å². The number of benzene rings is 3. The minimum Gasteiger partial charge on any atom is -0.391 e. The van der Waals surface area contributed by atoms with Gasteiger partial charge >= 0.3 is 0 Å². The summed E-state index contributed by atoms with van der Waals surface area (Å²) in [6, 6.07) is 21.6. The molecule has 3 aromatic carbocycles. The van der Waals surface area contributed by atoms with Gasteiger partial charge in [0.05, 0.1) is 12.1 Å². The number of carbonyl (C=O) groups is 1. The maximum Gasteiger partial charge on any atom is 0.254 e. The highest BCUT2D eigenvalue weighted by Gasteiger charge is 2.38. The highest BCUT2D eigenvalue weighted by molar-refractivity contribution is 6.05. The first-order valence-electron chi connectivity index (χ1n) is 13.0. The summed E-state index contributed by atoms with van der Waals surface area (Å²) in [4.78, 5) is 18.0. The Bertz CT molecular complexity index is 1180. The first-order chi connectivity index (χ1) is 16.7. The third-order valence-corrected chi connectivity index (χ3v) is 8.41. The second-order valence-electron chi connectivity index (χ2n) is 10.4. The van der Waals surface area contributed by atoms with Gasteiger partial charge in [-0.05, 0) is 78.2 Å². The van der Waals surface area contributed by atoms with E-state index in [9.17, 15) is 9.90 Å². The number of nitrogens with zero attached hydrogens (tertiary/aromatic N) is 2. The first kappa shape index (κ1) is 21.8. The van der Waals surface area contributed by atoms with Crippen molar-refractivity contribution in [3.63, 3.8) is 0 Å². The molecule has 0 bridgehead atoms. The number of hydrogen-bond donors (Lipinski definition) is 1. The lowest BCUT2D eigenvalue weighted by Gasteiger charge is -2.35. The Morgan fingerprint density at radius 1 is 0.853 bits per heavy atom. The van der Waals surface area contributed by atoms with Gasteiger partial charge in [0.2, 0.25) is 0 Å². The smallest absolute Gasteiger partial charge is 0.254 e. The van der Waals surface area contributed by atoms with E-state index in [-0.39, 0.29) is 11.9 Å². The van der Waals surface area contributed by atoms with Gasteiger partial charge in [-0.3, -0.25) is 9.69 Å². The van der Waals surface area contributed by atoms with Crippen molar-refractivity contribution in [1.82, 2.24) is 9.80 Å². The normalized spacial score (nSPS) is 24.0. The molecule has 1 N–H and O–H groups in total. The third kappa shape index (κ3) is 3.93. The molecule has 2 heterocycles. The number of aliphatic hydroxyl groups excluding tert-OH is 1. The molecular weight excluding hydrogens is 420 g/mol. The van der Waals surface area contributed by atoms with Crippen molar-refractivity contribution >= 4 is 16.7 Å². The van der Waals surface area contributed by atoms with Crippen LogP contribution in [0.5, 0.6) is 0 Å². The van der Waals surface area contributed by atoms with Crippen LogP contribution in [0.2, 0.25) is 0 Å². The molecule has 1 saturated carbocycles. The Hall–Kier alpha value is -2.69. The molecule has 2 aliphatic heterocycles. The Labute approximate surface area is 202 Å². The predicted molar refractivity (Wildman–Crippen MR) is 136 cm³/mol. The van der Waals surface area contributed by atoms with Crippen LogP contribution >= 0.6 is 0 Å². The molecule has 4 heteroatoms. The average Bonchev–Trinajstić information content (AvgIpc) is 3.21. The van der Waals surface area contributed by atoms with E-state index in [0.29, 0.717) is 12.5 Å². The maximum absolute atomic E-state index is 13.5. The number of likely N-dealkylation sites (tertiary alicyclic amines) is 1. The number of fused-ring (bicyclic) bond motifs is 3. The monoisotopic (exact) mass is 454 g/mol. The molecule has 1 saturated heterocycles. The van der Waals surface area contributed by atoms with Crippen LogP contribution in [0.3, 0.4) is 0 Å². The van der Waals surface area contributed by atoms with E-state index >= 15 is 0 Å². The van der Waals surface area contributed by atoms with Gasteiger partial charge in [-0.15, -0.1) is 0 Å². The molecule has 4 nitrogen and oxygen atoms in total. The number of aliphatic hydroxyl groups is 1. The van der Waals surface area contributed by atoms with Crippen LogP contribution in [0.1, 0.15) is 71.5 Å². The summed E-state index contributed by atoms with van der Waals surface area (Å²) in [7, 11) is 0. The standard InChI is InChI=1S/C30H34N2O2/c33-29-13-7-6-12-28(29)32-20-27-25-11-5-4-10-24(25)23(18-26(27)30(32)34)19-31-16-14-22(15-17-31)21-8-2-1-3-9-21/h1-5,8-11,18,22,28-29,33H,6-7,12-17,19-20H2. The molecule has 1 amide bonds. The van der Waals surface area contributed by atoms with Crippen molar-refractivity contribution in [2.24, 2.45) is 0 Å². The predicted octanol–water partition coefficient (Wildman–Crippen LogP) is 5.48. The van der Waals surface area contributed by atoms with Gasteiger partial charge in [0.1, 0.15) is 0 Å². The van der Waals surface area contributed by atoms with Gasteiger partial charge in [0, 0.05) is 18.7 Å². The zero-order valence-corrected chi connectivity index (χ0v) is 19.8. The van der Waals surface area contributed by atoms with E-state index < -0.39 is 6.10 Å². The molecule has 0 aromatic heterocycles. The van der Waals surface area contributed by atoms with Crippen molar-refractivity contribution in [2.75, 3.05) is 13.1 Å². The summed E-state index contributed by atoms with van der Waals surface area (Å²) in [5.41, 5.74) is 4.71. The highest BCUT2D eigenvalue weighted by Crippen LogP contribution is 2.37. The summed E-state index contributed by atoms with van der Waals surface area (Å²) in [5, 5.41) is 13.1. The highest BCUT2D eigenvalue weighted by atomic mass is 16.3. The number of piperidine rings is 1. The molecule has 3 aromatic rings. The Balaban J connectivity index is 1.25. The Kier molecular flexibility index (Phi) is 5.88. The second kappa shape index (κ2) is 9.16. The fourth-order valence-corrected chi connectivity index (χ4v) is 6.51. The molecule has 2 fully saturated rings. The number of carbonyl (C=O) groups excluding carboxylic acids is 1. The van der Waals surface area contributed by atoms with Gasteiger partial charge in [-0.1, -0.05) is 67.4 Å². The zero-order chi connectivity index (χ0) is 23.1. The lowest BCUT2D eigenvalue weighted by Crippen LogP contribution is -2.45. The van der Waals surface area contributed by atoms with E-state index in [2.05, 4.69) is 65.6 Å². The van der Waals surface area contributed by atoms with Gasteiger partial charge < -0.3 is 10.0 Å². The van der Waals surface area contributed by atoms with Crippen LogP contribution < -0.4 is 0 Å². The molecule has 0 spiro atoms. The van der Waals surface area contributed by atoms with E-state index in [4.69, 9.17) is 0 Å². The average molecular weight is 455 g/mol. The molecule has 3 aliphatic rings. The third-order valence-electron chi connectivity index (χ3n) is 8.41. The fraction of sp³-hybridized carbons (Fsp3) is 0.433. The summed E-state index contributed by atoms with van der Waals surface area (Å²) in [6.45, 7) is 3.67. The van der Waals surface area contributed by atoms with Gasteiger partial charge in [-0.25, -0.2) is 0 Å². The van der Waals surface area contributed by atoms with E-state index in [1.807, 2.05) is 4.90 Å². The number of rotatable bonds is 4. The quantitative estimate of drug-likeness (QED) is 0.568. The summed E-state index contributed by atoms with van der Waals surface area (Å²) < 4.78 is 0. The molecule has 1 aliphatic carbocycles. The molecule has 176 valence electrons. The fourth-order valence-electron chi connectivity index (χ4n) is 6.51. The number of amides is 1. The minimum atomic E-state index is -0.399. The molecule has 34 heavy (non-hydrogen) atoms. The molecule has 2 unspecified atom stereocenters. The Morgan fingerprint density at radius 2 is 1.56 bits per heavy atom. The number of hydrogen-bond acceptors (Lipinski definition) is 3. The zero-order valence-electron chi connectivity index (χ0n) is 19.8. The summed E-state index contributed by atoms with van der Waals surface area (Å²) in [5.74, 6) is 0.752. The lowest BCUT2D eigenvalue weighted by atomic mass is 9.89. The molecule has 2 atom stereocenters. The molecular formula is C30H34N2O2. The van der Waals surface area contributed by atoms with E-state index in [1.54, 1.807) is 0 Å². The van der Waals surface area contributed by atoms with Crippen LogP contribution in [-0.2, 0) is 13.1 Å².